The van der Waals surface area contributed by atoms with Crippen molar-refractivity contribution < 1.29 is 9.53 Å². The highest BCUT2D eigenvalue weighted by molar-refractivity contribution is 5.95. The molecule has 0 saturated heterocycles. The van der Waals surface area contributed by atoms with Crippen LogP contribution in [0.1, 0.15) is 13.8 Å². The molecule has 128 valence electrons. The Kier molecular flexibility index (Phi) is 11.3. The van der Waals surface area contributed by atoms with Crippen molar-refractivity contribution in [3.8, 4) is 5.75 Å². The molecule has 0 aromatic heterocycles. The Labute approximate surface area is 145 Å². The second-order valence-corrected chi connectivity index (χ2v) is 5.72. The molecule has 0 atom stereocenters. The summed E-state index contributed by atoms with van der Waals surface area (Å²) in [5.41, 5.74) is 5.73. The van der Waals surface area contributed by atoms with Crippen molar-refractivity contribution in [2.45, 2.75) is 13.8 Å². The molecule has 0 heterocycles. The summed E-state index contributed by atoms with van der Waals surface area (Å²) < 4.78 is 5.63. The molecule has 0 aliphatic carbocycles. The lowest BCUT2D eigenvalue weighted by molar-refractivity contribution is -0.123. The van der Waals surface area contributed by atoms with Crippen LogP contribution in [-0.2, 0) is 4.79 Å². The predicted molar refractivity (Wildman–Crippen MR) is 96.5 cm³/mol. The summed E-state index contributed by atoms with van der Waals surface area (Å²) in [6, 6.07) is 7.39. The monoisotopic (exact) mass is 351 g/mol. The zero-order valence-corrected chi connectivity index (χ0v) is 15.2. The van der Waals surface area contributed by atoms with E-state index < -0.39 is 5.41 Å². The molecule has 5 nitrogen and oxygen atoms in total. The predicted octanol–water partition coefficient (Wildman–Crippen LogP) is 2.39. The topological polar surface area (TPSA) is 67.6 Å². The lowest BCUT2D eigenvalue weighted by atomic mass is 9.92. The van der Waals surface area contributed by atoms with Crippen LogP contribution < -0.4 is 15.8 Å². The van der Waals surface area contributed by atoms with Crippen LogP contribution >= 0.6 is 24.8 Å². The number of carbonyl (C=O) groups is 1. The SMILES string of the molecule is CN(C)CCOc1cccc(NC(=O)C(C)(C)CN)c1.Cl.Cl. The molecule has 0 aliphatic rings. The third-order valence-corrected chi connectivity index (χ3v) is 3.02. The van der Waals surface area contributed by atoms with Crippen LogP contribution in [0.2, 0.25) is 0 Å². The van der Waals surface area contributed by atoms with Crippen LogP contribution in [0.4, 0.5) is 5.69 Å². The number of nitrogens with two attached hydrogens (primary N) is 1. The molecule has 0 saturated carbocycles. The van der Waals surface area contributed by atoms with Crippen molar-refractivity contribution in [2.24, 2.45) is 11.1 Å². The second kappa shape index (κ2) is 10.7. The summed E-state index contributed by atoms with van der Waals surface area (Å²) in [7, 11) is 3.99. The quantitative estimate of drug-likeness (QED) is 0.791. The minimum Gasteiger partial charge on any atom is -0.492 e. The van der Waals surface area contributed by atoms with E-state index in [2.05, 4.69) is 10.2 Å². The van der Waals surface area contributed by atoms with Gasteiger partial charge < -0.3 is 20.7 Å². The van der Waals surface area contributed by atoms with Gasteiger partial charge in [-0.25, -0.2) is 0 Å². The lowest BCUT2D eigenvalue weighted by Crippen LogP contribution is -2.37. The average molecular weight is 352 g/mol. The lowest BCUT2D eigenvalue weighted by Gasteiger charge is -2.21. The highest BCUT2D eigenvalue weighted by Crippen LogP contribution is 2.20. The summed E-state index contributed by atoms with van der Waals surface area (Å²) in [5, 5.41) is 2.86. The molecule has 0 unspecified atom stereocenters. The largest absolute Gasteiger partial charge is 0.492 e. The van der Waals surface area contributed by atoms with Gasteiger partial charge in [-0.15, -0.1) is 24.8 Å². The van der Waals surface area contributed by atoms with E-state index >= 15 is 0 Å². The number of nitrogens with one attached hydrogen (secondary N) is 1. The van der Waals surface area contributed by atoms with Crippen molar-refractivity contribution in [3.05, 3.63) is 24.3 Å². The number of nitrogens with zero attached hydrogens (tertiary/aromatic N) is 1. The summed E-state index contributed by atoms with van der Waals surface area (Å²) in [6.07, 6.45) is 0. The number of ether oxygens (including phenoxy) is 1. The first-order valence-corrected chi connectivity index (χ1v) is 6.74. The van der Waals surface area contributed by atoms with E-state index in [0.29, 0.717) is 13.2 Å². The highest BCUT2D eigenvalue weighted by Gasteiger charge is 2.25. The normalized spacial score (nSPS) is 10.5. The Morgan fingerprint density at radius 2 is 1.95 bits per heavy atom. The van der Waals surface area contributed by atoms with Gasteiger partial charge in [-0.2, -0.15) is 0 Å². The molecule has 0 spiro atoms. The minimum absolute atomic E-state index is 0. The van der Waals surface area contributed by atoms with Crippen molar-refractivity contribution in [1.29, 1.82) is 0 Å². The van der Waals surface area contributed by atoms with E-state index in [1.165, 1.54) is 0 Å². The first-order valence-electron chi connectivity index (χ1n) is 6.74. The van der Waals surface area contributed by atoms with Gasteiger partial charge in [0.05, 0.1) is 5.41 Å². The highest BCUT2D eigenvalue weighted by atomic mass is 35.5. The number of likely N-dealkylation sites (N-methyl/N-ethyl adjacent to an activating group) is 1. The second-order valence-electron chi connectivity index (χ2n) is 5.72. The van der Waals surface area contributed by atoms with Gasteiger partial charge in [0.1, 0.15) is 12.4 Å². The number of halogens is 2. The molecule has 0 bridgehead atoms. The Balaban J connectivity index is 0. The van der Waals surface area contributed by atoms with Crippen LogP contribution in [-0.4, -0.2) is 44.6 Å². The van der Waals surface area contributed by atoms with E-state index in [1.807, 2.05) is 52.2 Å². The third-order valence-electron chi connectivity index (χ3n) is 3.02. The fraction of sp³-hybridized carbons (Fsp3) is 0.533. The molecule has 0 radical (unpaired) electrons. The zero-order chi connectivity index (χ0) is 15.2. The van der Waals surface area contributed by atoms with Crippen LogP contribution in [0.3, 0.4) is 0 Å². The molecule has 1 aromatic rings. The van der Waals surface area contributed by atoms with Crippen LogP contribution in [0.15, 0.2) is 24.3 Å². The number of rotatable bonds is 7. The summed E-state index contributed by atoms with van der Waals surface area (Å²) in [5.74, 6) is 0.653. The van der Waals surface area contributed by atoms with Crippen LogP contribution in [0.5, 0.6) is 5.75 Å². The van der Waals surface area contributed by atoms with Crippen LogP contribution in [0.25, 0.3) is 0 Å². The zero-order valence-electron chi connectivity index (χ0n) is 13.6. The summed E-state index contributed by atoms with van der Waals surface area (Å²) >= 11 is 0. The van der Waals surface area contributed by atoms with Crippen molar-refractivity contribution >= 4 is 36.4 Å². The Morgan fingerprint density at radius 3 is 2.50 bits per heavy atom. The Bertz CT molecular complexity index is 454. The number of amides is 1. The van der Waals surface area contributed by atoms with Crippen molar-refractivity contribution in [3.63, 3.8) is 0 Å². The number of hydrogen-bond donors (Lipinski definition) is 2. The molecule has 22 heavy (non-hydrogen) atoms. The van der Waals surface area contributed by atoms with Gasteiger partial charge in [0.25, 0.3) is 0 Å². The van der Waals surface area contributed by atoms with E-state index in [9.17, 15) is 4.79 Å². The van der Waals surface area contributed by atoms with E-state index in [4.69, 9.17) is 10.5 Å². The van der Waals surface area contributed by atoms with E-state index in [1.54, 1.807) is 0 Å². The molecular formula is C15H27Cl2N3O2. The maximum atomic E-state index is 12.0. The maximum absolute atomic E-state index is 12.0. The van der Waals surface area contributed by atoms with Gasteiger partial charge in [0, 0.05) is 24.8 Å². The molecule has 1 aromatic carbocycles. The minimum atomic E-state index is -0.582. The molecular weight excluding hydrogens is 325 g/mol. The molecule has 1 rings (SSSR count). The maximum Gasteiger partial charge on any atom is 0.231 e. The molecule has 0 fully saturated rings. The van der Waals surface area contributed by atoms with E-state index in [-0.39, 0.29) is 30.7 Å². The van der Waals surface area contributed by atoms with Gasteiger partial charge in [0.2, 0.25) is 5.91 Å². The molecule has 1 amide bonds. The third kappa shape index (κ3) is 7.84. The van der Waals surface area contributed by atoms with Gasteiger partial charge in [0.15, 0.2) is 0 Å². The van der Waals surface area contributed by atoms with Crippen LogP contribution in [0, 0.1) is 5.41 Å². The van der Waals surface area contributed by atoms with Gasteiger partial charge in [-0.1, -0.05) is 6.07 Å². The summed E-state index contributed by atoms with van der Waals surface area (Å²) in [4.78, 5) is 14.1. The number of hydrogen-bond acceptors (Lipinski definition) is 4. The number of carbonyl (C=O) groups excluding carboxylic acids is 1. The van der Waals surface area contributed by atoms with Gasteiger partial charge >= 0.3 is 0 Å². The Hall–Kier alpha value is -1.01. The fourth-order valence-electron chi connectivity index (χ4n) is 1.40. The molecule has 7 heteroatoms. The molecule has 0 aliphatic heterocycles. The van der Waals surface area contributed by atoms with Crippen molar-refractivity contribution in [2.75, 3.05) is 39.1 Å². The molecule has 3 N–H and O–H groups in total. The first-order chi connectivity index (χ1) is 9.35. The number of anilines is 1. The summed E-state index contributed by atoms with van der Waals surface area (Å²) in [6.45, 7) is 5.40. The number of benzene rings is 1. The van der Waals surface area contributed by atoms with Crippen molar-refractivity contribution in [1.82, 2.24) is 4.90 Å². The van der Waals surface area contributed by atoms with Gasteiger partial charge in [-0.3, -0.25) is 4.79 Å². The fourth-order valence-corrected chi connectivity index (χ4v) is 1.40. The first kappa shape index (κ1) is 23.3. The Morgan fingerprint density at radius 1 is 1.32 bits per heavy atom. The smallest absolute Gasteiger partial charge is 0.231 e. The standard InChI is InChI=1S/C15H25N3O2.2ClH/c1-15(2,11-16)14(19)17-12-6-5-7-13(10-12)20-9-8-18(3)4;;/h5-7,10H,8-9,11,16H2,1-4H3,(H,17,19);2*1H. The van der Waals surface area contributed by atoms with Gasteiger partial charge in [-0.05, 0) is 40.1 Å². The van der Waals surface area contributed by atoms with E-state index in [0.717, 1.165) is 18.0 Å². The average Bonchev–Trinajstić information content (AvgIpc) is 2.38.